The number of phenolic OH excluding ortho intramolecular Hbond substituents is 3. The number of hydrogen-bond donors (Lipinski definition) is 3. The number of allylic oxidation sites excluding steroid dienone is 2. The zero-order valence-electron chi connectivity index (χ0n) is 13.1. The second kappa shape index (κ2) is 9.10. The molecule has 23 heavy (non-hydrogen) atoms. The molecule has 0 fully saturated rings. The second-order valence-electron chi connectivity index (χ2n) is 4.41. The van der Waals surface area contributed by atoms with Crippen molar-refractivity contribution in [2.45, 2.75) is 13.8 Å². The van der Waals surface area contributed by atoms with Crippen LogP contribution in [0.5, 0.6) is 17.2 Å². The Morgan fingerprint density at radius 2 is 1.43 bits per heavy atom. The summed E-state index contributed by atoms with van der Waals surface area (Å²) in [7, 11) is 0. The van der Waals surface area contributed by atoms with Crippen molar-refractivity contribution in [3.8, 4) is 17.2 Å². The van der Waals surface area contributed by atoms with Crippen molar-refractivity contribution < 1.29 is 20.1 Å². The van der Waals surface area contributed by atoms with E-state index < -0.39 is 0 Å². The molecule has 0 aromatic heterocycles. The fourth-order valence-corrected chi connectivity index (χ4v) is 1.68. The average Bonchev–Trinajstić information content (AvgIpc) is 2.56. The van der Waals surface area contributed by atoms with Gasteiger partial charge >= 0.3 is 0 Å². The van der Waals surface area contributed by atoms with Gasteiger partial charge in [0.05, 0.1) is 0 Å². The van der Waals surface area contributed by atoms with Crippen LogP contribution in [-0.4, -0.2) is 21.1 Å². The first-order valence-electron chi connectivity index (χ1n) is 7.26. The van der Waals surface area contributed by atoms with E-state index in [0.29, 0.717) is 5.56 Å². The molecule has 0 aliphatic carbocycles. The molecule has 2 aromatic carbocycles. The van der Waals surface area contributed by atoms with Crippen LogP contribution in [0.25, 0.3) is 12.2 Å². The van der Waals surface area contributed by atoms with Crippen LogP contribution in [0, 0.1) is 0 Å². The summed E-state index contributed by atoms with van der Waals surface area (Å²) in [6.45, 7) is 4.00. The van der Waals surface area contributed by atoms with Gasteiger partial charge in [-0.05, 0) is 47.5 Å². The first kappa shape index (κ1) is 18.0. The summed E-state index contributed by atoms with van der Waals surface area (Å²) in [5.74, 6) is -0.534. The van der Waals surface area contributed by atoms with Crippen molar-refractivity contribution in [2.24, 2.45) is 0 Å². The van der Waals surface area contributed by atoms with E-state index in [-0.39, 0.29) is 23.0 Å². The lowest BCUT2D eigenvalue weighted by molar-refractivity contribution is -0.110. The van der Waals surface area contributed by atoms with Gasteiger partial charge in [0.15, 0.2) is 17.3 Å². The molecule has 0 spiro atoms. The van der Waals surface area contributed by atoms with Crippen LogP contribution in [0.15, 0.2) is 54.6 Å². The highest BCUT2D eigenvalue weighted by Gasteiger charge is 1.98. The predicted octanol–water partition coefficient (Wildman–Crippen LogP) is 4.13. The molecule has 0 unspecified atom stereocenters. The van der Waals surface area contributed by atoms with Gasteiger partial charge in [0.2, 0.25) is 0 Å². The Morgan fingerprint density at radius 3 is 2.00 bits per heavy atom. The van der Waals surface area contributed by atoms with Crippen molar-refractivity contribution in [1.82, 2.24) is 0 Å². The van der Waals surface area contributed by atoms with Crippen molar-refractivity contribution in [3.63, 3.8) is 0 Å². The highest BCUT2D eigenvalue weighted by atomic mass is 16.3. The lowest BCUT2D eigenvalue weighted by Gasteiger charge is -1.98. The summed E-state index contributed by atoms with van der Waals surface area (Å²) in [4.78, 5) is 11.7. The van der Waals surface area contributed by atoms with E-state index in [4.69, 9.17) is 0 Å². The van der Waals surface area contributed by atoms with E-state index in [1.807, 2.05) is 13.8 Å². The molecule has 0 bridgehead atoms. The Balaban J connectivity index is 0.00000127. The van der Waals surface area contributed by atoms with Crippen molar-refractivity contribution >= 4 is 17.9 Å². The standard InChI is InChI=1S/C17H14O4.C2H6/c18-14(7-4-12-2-1-3-15(19)10-12)8-5-13-6-9-16(20)17(21)11-13;1-2/h1-11,19-21H;1-2H3/b7-4+,8-5+;. The minimum atomic E-state index is -0.236. The molecule has 4 nitrogen and oxygen atoms in total. The third-order valence-electron chi connectivity index (χ3n) is 2.75. The summed E-state index contributed by atoms with van der Waals surface area (Å²) in [6.07, 6.45) is 5.87. The van der Waals surface area contributed by atoms with Gasteiger partial charge in [0, 0.05) is 0 Å². The fraction of sp³-hybridized carbons (Fsp3) is 0.105. The Kier molecular flexibility index (Phi) is 7.14. The molecular weight excluding hydrogens is 292 g/mol. The second-order valence-corrected chi connectivity index (χ2v) is 4.41. The number of rotatable bonds is 4. The van der Waals surface area contributed by atoms with E-state index in [0.717, 1.165) is 5.56 Å². The molecule has 0 aliphatic rings. The van der Waals surface area contributed by atoms with Crippen LogP contribution in [0.4, 0.5) is 0 Å². The van der Waals surface area contributed by atoms with Crippen molar-refractivity contribution in [1.29, 1.82) is 0 Å². The van der Waals surface area contributed by atoms with Crippen LogP contribution >= 0.6 is 0 Å². The Hall–Kier alpha value is -3.01. The van der Waals surface area contributed by atoms with Gasteiger partial charge in [0.1, 0.15) is 5.75 Å². The molecular formula is C19H20O4. The summed E-state index contributed by atoms with van der Waals surface area (Å²) in [6, 6.07) is 10.8. The Morgan fingerprint density at radius 1 is 0.826 bits per heavy atom. The topological polar surface area (TPSA) is 77.8 Å². The van der Waals surface area contributed by atoms with E-state index in [9.17, 15) is 20.1 Å². The van der Waals surface area contributed by atoms with Gasteiger partial charge < -0.3 is 15.3 Å². The highest BCUT2D eigenvalue weighted by molar-refractivity contribution is 6.04. The molecule has 0 aliphatic heterocycles. The van der Waals surface area contributed by atoms with Crippen LogP contribution < -0.4 is 0 Å². The summed E-state index contributed by atoms with van der Waals surface area (Å²) >= 11 is 0. The molecule has 0 saturated carbocycles. The molecule has 3 N–H and O–H groups in total. The summed E-state index contributed by atoms with van der Waals surface area (Å²) in [5.41, 5.74) is 1.32. The van der Waals surface area contributed by atoms with Crippen molar-refractivity contribution in [3.05, 3.63) is 65.7 Å². The van der Waals surface area contributed by atoms with Gasteiger partial charge in [-0.3, -0.25) is 4.79 Å². The third-order valence-corrected chi connectivity index (χ3v) is 2.75. The van der Waals surface area contributed by atoms with Crippen LogP contribution in [0.2, 0.25) is 0 Å². The first-order chi connectivity index (χ1) is 11.0. The van der Waals surface area contributed by atoms with Gasteiger partial charge in [-0.1, -0.05) is 44.2 Å². The zero-order chi connectivity index (χ0) is 17.2. The van der Waals surface area contributed by atoms with Gasteiger partial charge in [-0.25, -0.2) is 0 Å². The minimum Gasteiger partial charge on any atom is -0.508 e. The van der Waals surface area contributed by atoms with Gasteiger partial charge in [0.25, 0.3) is 0 Å². The van der Waals surface area contributed by atoms with Crippen molar-refractivity contribution in [2.75, 3.05) is 0 Å². The number of aromatic hydroxyl groups is 3. The lowest BCUT2D eigenvalue weighted by Crippen LogP contribution is -1.85. The molecule has 0 saturated heterocycles. The number of ketones is 1. The largest absolute Gasteiger partial charge is 0.508 e. The number of benzene rings is 2. The maximum absolute atomic E-state index is 11.7. The lowest BCUT2D eigenvalue weighted by atomic mass is 10.1. The molecule has 2 rings (SSSR count). The molecule has 120 valence electrons. The molecule has 2 aromatic rings. The molecule has 4 heteroatoms. The Bertz CT molecular complexity index is 715. The van der Waals surface area contributed by atoms with Gasteiger partial charge in [-0.15, -0.1) is 0 Å². The molecule has 0 heterocycles. The molecule has 0 atom stereocenters. The molecule has 0 radical (unpaired) electrons. The fourth-order valence-electron chi connectivity index (χ4n) is 1.68. The predicted molar refractivity (Wildman–Crippen MR) is 92.3 cm³/mol. The van der Waals surface area contributed by atoms with E-state index >= 15 is 0 Å². The summed E-state index contributed by atoms with van der Waals surface area (Å²) in [5, 5.41) is 27.8. The molecule has 0 amide bonds. The number of carbonyl (C=O) groups is 1. The Labute approximate surface area is 135 Å². The minimum absolute atomic E-state index is 0.139. The first-order valence-corrected chi connectivity index (χ1v) is 7.26. The third kappa shape index (κ3) is 6.09. The monoisotopic (exact) mass is 312 g/mol. The van der Waals surface area contributed by atoms with E-state index in [1.165, 1.54) is 30.4 Å². The maximum Gasteiger partial charge on any atom is 0.178 e. The van der Waals surface area contributed by atoms with Crippen LogP contribution in [0.1, 0.15) is 25.0 Å². The summed E-state index contributed by atoms with van der Waals surface area (Å²) < 4.78 is 0. The number of phenols is 3. The smallest absolute Gasteiger partial charge is 0.178 e. The highest BCUT2D eigenvalue weighted by Crippen LogP contribution is 2.25. The van der Waals surface area contributed by atoms with E-state index in [2.05, 4.69) is 0 Å². The number of hydrogen-bond acceptors (Lipinski definition) is 4. The quantitative estimate of drug-likeness (QED) is 0.586. The van der Waals surface area contributed by atoms with Crippen LogP contribution in [0.3, 0.4) is 0 Å². The SMILES string of the molecule is CC.O=C(/C=C/c1cccc(O)c1)/C=C/c1ccc(O)c(O)c1. The van der Waals surface area contributed by atoms with Gasteiger partial charge in [-0.2, -0.15) is 0 Å². The van der Waals surface area contributed by atoms with E-state index in [1.54, 1.807) is 36.4 Å². The number of carbonyl (C=O) groups excluding carboxylic acids is 1. The normalized spacial score (nSPS) is 10.5. The maximum atomic E-state index is 11.7. The van der Waals surface area contributed by atoms with Crippen LogP contribution in [-0.2, 0) is 4.79 Å². The average molecular weight is 312 g/mol. The zero-order valence-corrected chi connectivity index (χ0v) is 13.1.